The van der Waals surface area contributed by atoms with Crippen LogP contribution in [0, 0.1) is 0 Å². The summed E-state index contributed by atoms with van der Waals surface area (Å²) in [4.78, 5) is 0. The predicted octanol–water partition coefficient (Wildman–Crippen LogP) is -7.07. The molecule has 0 aliphatic carbocycles. The van der Waals surface area contributed by atoms with Crippen LogP contribution in [0.4, 0.5) is 0 Å². The highest BCUT2D eigenvalue weighted by molar-refractivity contribution is 6.98. The van der Waals surface area contributed by atoms with Crippen LogP contribution in [0.25, 0.3) is 0 Å². The first kappa shape index (κ1) is 17.3. The first-order chi connectivity index (χ1) is 11.2. The average Bonchev–Trinajstić information content (AvgIpc) is 2.30. The second kappa shape index (κ2) is 5.44. The molecule has 4 saturated heterocycles. The standard InChI is InChI=1S/B8H6O16/c9-1-15-2(10)19-7(18-1)22-5(13)23-8-20-3(11)16-6(14,24(7)8)17-4(12)21-8/h9-14H/q-2. The van der Waals surface area contributed by atoms with Gasteiger partial charge in [-0.1, -0.05) is 0 Å². The third-order valence-electron chi connectivity index (χ3n) is 3.52. The molecule has 0 atom stereocenters. The van der Waals surface area contributed by atoms with Crippen molar-refractivity contribution < 1.29 is 75.4 Å². The Labute approximate surface area is 134 Å². The smallest absolute Gasteiger partial charge is 0.619 e. The molecule has 4 heterocycles. The summed E-state index contributed by atoms with van der Waals surface area (Å²) in [6.07, 6.45) is 0. The molecule has 4 fully saturated rings. The van der Waals surface area contributed by atoms with Gasteiger partial charge in [0.05, 0.1) is 0 Å². The molecule has 0 aromatic carbocycles. The summed E-state index contributed by atoms with van der Waals surface area (Å²) < 4.78 is 43.9. The lowest BCUT2D eigenvalue weighted by Gasteiger charge is -2.79. The minimum absolute atomic E-state index is 1.42. The Morgan fingerprint density at radius 2 is 0.875 bits per heavy atom. The van der Waals surface area contributed by atoms with Crippen LogP contribution >= 0.6 is 0 Å². The second-order valence-corrected chi connectivity index (χ2v) is 4.93. The molecule has 4 aliphatic heterocycles. The van der Waals surface area contributed by atoms with Crippen LogP contribution in [0.5, 0.6) is 0 Å². The van der Waals surface area contributed by atoms with Crippen LogP contribution in [0.3, 0.4) is 0 Å². The maximum absolute atomic E-state index is 10.5. The van der Waals surface area contributed by atoms with E-state index in [-0.39, 0.29) is 0 Å². The second-order valence-electron chi connectivity index (χ2n) is 4.93. The van der Waals surface area contributed by atoms with E-state index in [0.29, 0.717) is 0 Å². The summed E-state index contributed by atoms with van der Waals surface area (Å²) in [7, 11) is -11.0. The van der Waals surface area contributed by atoms with E-state index in [1.165, 1.54) is 4.12 Å². The molecular weight excluding hydrogens is 342 g/mol. The highest BCUT2D eigenvalue weighted by Gasteiger charge is 2.75. The maximum Gasteiger partial charge on any atom is 0.619 e. The van der Waals surface area contributed by atoms with Crippen molar-refractivity contribution in [3.63, 3.8) is 0 Å². The first-order valence-electron chi connectivity index (χ1n) is 6.50. The summed E-state index contributed by atoms with van der Waals surface area (Å²) in [5, 5.41) is 58.2. The average molecular weight is 349 g/mol. The molecule has 4 aliphatic rings. The highest BCUT2D eigenvalue weighted by Crippen LogP contribution is 2.47. The van der Waals surface area contributed by atoms with Crippen LogP contribution in [0.1, 0.15) is 0 Å². The van der Waals surface area contributed by atoms with Gasteiger partial charge in [-0.3, -0.25) is 0 Å². The molecule has 0 unspecified atom stereocenters. The maximum atomic E-state index is 10.5. The van der Waals surface area contributed by atoms with Crippen LogP contribution in [-0.2, 0) is 45.3 Å². The third-order valence-corrected chi connectivity index (χ3v) is 3.52. The van der Waals surface area contributed by atoms with Crippen molar-refractivity contribution >= 4 is 57.5 Å². The van der Waals surface area contributed by atoms with Crippen molar-refractivity contribution in [3.8, 4) is 0 Å². The molecular formula is H6B8O16-2. The van der Waals surface area contributed by atoms with E-state index in [9.17, 15) is 30.1 Å². The minimum Gasteiger partial charge on any atom is -0.982 e. The van der Waals surface area contributed by atoms with Gasteiger partial charge in [-0.2, -0.15) is 0 Å². The molecule has 1 spiro atoms. The van der Waals surface area contributed by atoms with Gasteiger partial charge in [-0.15, -0.1) is 0 Å². The van der Waals surface area contributed by atoms with Gasteiger partial charge in [0.25, 0.3) is 0 Å². The van der Waals surface area contributed by atoms with Crippen molar-refractivity contribution in [3.05, 3.63) is 0 Å². The van der Waals surface area contributed by atoms with Crippen LogP contribution < -0.4 is 0 Å². The molecule has 0 saturated carbocycles. The molecule has 0 aromatic heterocycles. The molecule has 128 valence electrons. The van der Waals surface area contributed by atoms with Crippen molar-refractivity contribution in [1.82, 2.24) is 0 Å². The van der Waals surface area contributed by atoms with Gasteiger partial charge in [0, 0.05) is 0 Å². The SMILES string of the molecule is OB1OB(O)O[B-]2(O1)OB(O)O[B-]13OB(O)O[B-](O)(OB(O)O1)[O+]23. The van der Waals surface area contributed by atoms with Gasteiger partial charge in [-0.25, -0.2) is 0 Å². The number of hydrogen-bond acceptors (Lipinski definition) is 15. The molecule has 0 aromatic rings. The summed E-state index contributed by atoms with van der Waals surface area (Å²) in [5.74, 6) is 0. The van der Waals surface area contributed by atoms with Crippen LogP contribution in [-0.4, -0.2) is 87.6 Å². The number of rotatable bonds is 0. The lowest BCUT2D eigenvalue weighted by molar-refractivity contribution is -0.146. The lowest BCUT2D eigenvalue weighted by Crippen LogP contribution is -2.91. The van der Waals surface area contributed by atoms with E-state index in [1.54, 1.807) is 0 Å². The summed E-state index contributed by atoms with van der Waals surface area (Å²) >= 11 is 0. The fraction of sp³-hybridized carbons (Fsp3) is 0. The monoisotopic (exact) mass is 350 g/mol. The fourth-order valence-corrected chi connectivity index (χ4v) is 2.77. The van der Waals surface area contributed by atoms with Gasteiger partial charge in [-0.05, 0) is 0 Å². The zero-order valence-electron chi connectivity index (χ0n) is 11.4. The van der Waals surface area contributed by atoms with E-state index >= 15 is 0 Å². The quantitative estimate of drug-likeness (QED) is 0.177. The molecule has 2 bridgehead atoms. The largest absolute Gasteiger partial charge is 0.982 e. The fourth-order valence-electron chi connectivity index (χ4n) is 2.77. The van der Waals surface area contributed by atoms with Gasteiger partial charge < -0.3 is 75.4 Å². The highest BCUT2D eigenvalue weighted by atomic mass is 17.1. The van der Waals surface area contributed by atoms with E-state index in [2.05, 4.69) is 13.7 Å². The summed E-state index contributed by atoms with van der Waals surface area (Å²) in [6.45, 7) is -11.5. The number of hydrogen-bond donors (Lipinski definition) is 6. The first-order valence-corrected chi connectivity index (χ1v) is 6.50. The van der Waals surface area contributed by atoms with Gasteiger partial charge in [0.15, 0.2) is 0 Å². The normalized spacial score (nSPS) is 39.5. The van der Waals surface area contributed by atoms with Gasteiger partial charge in [0.2, 0.25) is 0 Å². The van der Waals surface area contributed by atoms with Crippen molar-refractivity contribution in [2.45, 2.75) is 0 Å². The third kappa shape index (κ3) is 2.49. The summed E-state index contributed by atoms with van der Waals surface area (Å²) in [6, 6.07) is 0. The molecule has 0 radical (unpaired) electrons. The Balaban J connectivity index is 1.82. The molecule has 0 amide bonds. The Morgan fingerprint density at radius 3 is 1.29 bits per heavy atom. The Hall–Kier alpha value is -0.121. The lowest BCUT2D eigenvalue weighted by atomic mass is 9.68. The zero-order valence-corrected chi connectivity index (χ0v) is 11.4. The van der Waals surface area contributed by atoms with Gasteiger partial charge in [0.1, 0.15) is 0 Å². The van der Waals surface area contributed by atoms with E-state index in [1.807, 2.05) is 0 Å². The Kier molecular flexibility index (Phi) is 3.92. The zero-order chi connectivity index (χ0) is 17.3. The van der Waals surface area contributed by atoms with Crippen LogP contribution in [0.2, 0.25) is 0 Å². The van der Waals surface area contributed by atoms with Crippen molar-refractivity contribution in [2.24, 2.45) is 0 Å². The molecule has 16 nitrogen and oxygen atoms in total. The molecule has 6 N–H and O–H groups in total. The van der Waals surface area contributed by atoms with E-state index < -0.39 is 57.5 Å². The Bertz CT molecular complexity index is 475. The van der Waals surface area contributed by atoms with Crippen molar-refractivity contribution in [1.29, 1.82) is 0 Å². The van der Waals surface area contributed by atoms with E-state index in [4.69, 9.17) is 27.4 Å². The summed E-state index contributed by atoms with van der Waals surface area (Å²) in [5.41, 5.74) is 0. The molecule has 24 heteroatoms. The van der Waals surface area contributed by atoms with Crippen molar-refractivity contribution in [2.75, 3.05) is 0 Å². The molecule has 24 heavy (non-hydrogen) atoms. The van der Waals surface area contributed by atoms with Gasteiger partial charge >= 0.3 is 57.5 Å². The minimum atomic E-state index is -4.00. The van der Waals surface area contributed by atoms with Crippen LogP contribution in [0.15, 0.2) is 0 Å². The van der Waals surface area contributed by atoms with E-state index in [0.717, 1.165) is 0 Å². The predicted molar refractivity (Wildman–Crippen MR) is 70.2 cm³/mol. The Morgan fingerprint density at radius 1 is 0.542 bits per heavy atom. The topological polar surface area (TPSA) is 207 Å². The molecule has 4 rings (SSSR count).